The molecule has 7 heteroatoms. The van der Waals surface area contributed by atoms with Crippen molar-refractivity contribution in [2.75, 3.05) is 6.61 Å². The molecule has 0 bridgehead atoms. The van der Waals surface area contributed by atoms with E-state index < -0.39 is 11.6 Å². The number of rotatable bonds is 30. The van der Waals surface area contributed by atoms with E-state index in [4.69, 9.17) is 14.6 Å². The van der Waals surface area contributed by atoms with Crippen molar-refractivity contribution >= 4 is 17.9 Å². The number of carboxylic acid groups (broad SMARTS) is 1. The van der Waals surface area contributed by atoms with E-state index in [1.54, 1.807) is 6.92 Å². The van der Waals surface area contributed by atoms with Gasteiger partial charge in [-0.05, 0) is 57.8 Å². The summed E-state index contributed by atoms with van der Waals surface area (Å²) in [5.74, 6) is -1.10. The molecule has 0 aliphatic heterocycles. The second-order valence-electron chi connectivity index (χ2n) is 11.9. The number of unbranched alkanes of at least 4 members (excludes halogenated alkanes) is 15. The highest BCUT2D eigenvalue weighted by atomic mass is 16.6. The molecule has 242 valence electrons. The SMILES string of the molecule is CCCCCCCCC(CCCCCCCCCC(CO)(CCCCCCCC(=O)O)OC(=O)CC)OC(=O)CC. The number of carboxylic acids is 1. The Hall–Kier alpha value is -1.63. The van der Waals surface area contributed by atoms with Gasteiger partial charge in [-0.2, -0.15) is 0 Å². The second kappa shape index (κ2) is 27.2. The molecule has 2 unspecified atom stereocenters. The van der Waals surface area contributed by atoms with Crippen LogP contribution in [-0.2, 0) is 23.9 Å². The molecule has 0 spiro atoms. The lowest BCUT2D eigenvalue weighted by atomic mass is 9.89. The highest BCUT2D eigenvalue weighted by molar-refractivity contribution is 5.69. The monoisotopic (exact) mass is 584 g/mol. The first-order valence-corrected chi connectivity index (χ1v) is 17.1. The first-order chi connectivity index (χ1) is 19.8. The quantitative estimate of drug-likeness (QED) is 0.0640. The van der Waals surface area contributed by atoms with E-state index in [0.717, 1.165) is 83.5 Å². The van der Waals surface area contributed by atoms with Crippen molar-refractivity contribution in [1.29, 1.82) is 0 Å². The second-order valence-corrected chi connectivity index (χ2v) is 11.9. The van der Waals surface area contributed by atoms with Gasteiger partial charge < -0.3 is 19.7 Å². The van der Waals surface area contributed by atoms with E-state index in [1.165, 1.54) is 38.5 Å². The summed E-state index contributed by atoms with van der Waals surface area (Å²) in [5.41, 5.74) is -0.797. The number of hydrogen-bond acceptors (Lipinski definition) is 6. The topological polar surface area (TPSA) is 110 Å². The first-order valence-electron chi connectivity index (χ1n) is 17.1. The van der Waals surface area contributed by atoms with Crippen molar-refractivity contribution in [2.24, 2.45) is 0 Å². The van der Waals surface area contributed by atoms with Crippen LogP contribution >= 0.6 is 0 Å². The maximum absolute atomic E-state index is 12.1. The summed E-state index contributed by atoms with van der Waals surface area (Å²) >= 11 is 0. The summed E-state index contributed by atoms with van der Waals surface area (Å²) in [7, 11) is 0. The Labute approximate surface area is 251 Å². The molecule has 2 atom stereocenters. The third kappa shape index (κ3) is 23.6. The van der Waals surface area contributed by atoms with Crippen LogP contribution in [-0.4, -0.2) is 46.4 Å². The summed E-state index contributed by atoms with van der Waals surface area (Å²) in [4.78, 5) is 34.6. The number of esters is 2. The zero-order valence-corrected chi connectivity index (χ0v) is 26.9. The standard InChI is InChI=1S/C34H64O7/c1-4-7-8-9-14-19-24-30(40-32(38)5-2)25-20-15-11-10-12-17-22-27-34(29-35,41-33(39)6-3)28-23-18-13-16-21-26-31(36)37/h30,35H,4-29H2,1-3H3,(H,36,37). The average Bonchev–Trinajstić information content (AvgIpc) is 2.96. The maximum Gasteiger partial charge on any atom is 0.306 e. The van der Waals surface area contributed by atoms with Gasteiger partial charge in [0, 0.05) is 19.3 Å². The van der Waals surface area contributed by atoms with E-state index >= 15 is 0 Å². The van der Waals surface area contributed by atoms with Gasteiger partial charge in [0.15, 0.2) is 0 Å². The lowest BCUT2D eigenvalue weighted by Gasteiger charge is -2.32. The van der Waals surface area contributed by atoms with Crippen LogP contribution in [0.3, 0.4) is 0 Å². The molecule has 0 aromatic heterocycles. The minimum absolute atomic E-state index is 0.0656. The van der Waals surface area contributed by atoms with Crippen LogP contribution in [0.15, 0.2) is 0 Å². The Bertz CT molecular complexity index is 651. The normalized spacial score (nSPS) is 13.5. The van der Waals surface area contributed by atoms with Crippen LogP contribution in [0, 0.1) is 0 Å². The van der Waals surface area contributed by atoms with Gasteiger partial charge in [0.05, 0.1) is 6.61 Å². The Morgan fingerprint density at radius 1 is 0.610 bits per heavy atom. The minimum Gasteiger partial charge on any atom is -0.481 e. The van der Waals surface area contributed by atoms with Crippen molar-refractivity contribution in [1.82, 2.24) is 0 Å². The Balaban J connectivity index is 4.26. The molecule has 0 aromatic rings. The van der Waals surface area contributed by atoms with Crippen LogP contribution in [0.4, 0.5) is 0 Å². The molecule has 0 saturated carbocycles. The number of aliphatic hydroxyl groups excluding tert-OH is 1. The Morgan fingerprint density at radius 3 is 1.49 bits per heavy atom. The first kappa shape index (κ1) is 39.4. The van der Waals surface area contributed by atoms with Crippen LogP contribution in [0.2, 0.25) is 0 Å². The molecule has 0 radical (unpaired) electrons. The molecule has 2 N–H and O–H groups in total. The number of carbonyl (C=O) groups excluding carboxylic acids is 2. The largest absolute Gasteiger partial charge is 0.481 e. The summed E-state index contributed by atoms with van der Waals surface area (Å²) in [6.07, 6.45) is 23.8. The number of carbonyl (C=O) groups is 3. The van der Waals surface area contributed by atoms with E-state index in [0.29, 0.717) is 32.1 Å². The van der Waals surface area contributed by atoms with Crippen LogP contribution in [0.25, 0.3) is 0 Å². The number of aliphatic carboxylic acids is 1. The summed E-state index contributed by atoms with van der Waals surface area (Å²) in [6.45, 7) is 5.71. The fraction of sp³-hybridized carbons (Fsp3) is 0.912. The fourth-order valence-corrected chi connectivity index (χ4v) is 5.37. The van der Waals surface area contributed by atoms with Gasteiger partial charge >= 0.3 is 17.9 Å². The molecule has 0 heterocycles. The van der Waals surface area contributed by atoms with Crippen LogP contribution < -0.4 is 0 Å². The Morgan fingerprint density at radius 2 is 1.05 bits per heavy atom. The van der Waals surface area contributed by atoms with Gasteiger partial charge in [-0.15, -0.1) is 0 Å². The molecule has 0 saturated heterocycles. The highest BCUT2D eigenvalue weighted by Crippen LogP contribution is 2.28. The predicted molar refractivity (Wildman–Crippen MR) is 166 cm³/mol. The van der Waals surface area contributed by atoms with Crippen molar-refractivity contribution in [3.05, 3.63) is 0 Å². The zero-order valence-electron chi connectivity index (χ0n) is 26.9. The minimum atomic E-state index is -0.797. The molecule has 0 aliphatic carbocycles. The van der Waals surface area contributed by atoms with Gasteiger partial charge in [-0.25, -0.2) is 0 Å². The van der Waals surface area contributed by atoms with Gasteiger partial charge in [0.1, 0.15) is 11.7 Å². The number of ether oxygens (including phenoxy) is 2. The predicted octanol–water partition coefficient (Wildman–Crippen LogP) is 9.07. The van der Waals surface area contributed by atoms with E-state index in [1.807, 2.05) is 6.92 Å². The molecule has 0 fully saturated rings. The van der Waals surface area contributed by atoms with Crippen LogP contribution in [0.1, 0.15) is 181 Å². The molecule has 0 rings (SSSR count). The highest BCUT2D eigenvalue weighted by Gasteiger charge is 2.32. The van der Waals surface area contributed by atoms with Crippen molar-refractivity contribution in [2.45, 2.75) is 193 Å². The van der Waals surface area contributed by atoms with Crippen molar-refractivity contribution < 1.29 is 34.1 Å². The van der Waals surface area contributed by atoms with Gasteiger partial charge in [0.25, 0.3) is 0 Å². The smallest absolute Gasteiger partial charge is 0.306 e. The lowest BCUT2D eigenvalue weighted by Crippen LogP contribution is -2.39. The third-order valence-electron chi connectivity index (χ3n) is 8.06. The molecule has 0 amide bonds. The molecular weight excluding hydrogens is 520 g/mol. The lowest BCUT2D eigenvalue weighted by molar-refractivity contribution is -0.166. The van der Waals surface area contributed by atoms with Crippen molar-refractivity contribution in [3.63, 3.8) is 0 Å². The van der Waals surface area contributed by atoms with Crippen molar-refractivity contribution in [3.8, 4) is 0 Å². The van der Waals surface area contributed by atoms with Crippen LogP contribution in [0.5, 0.6) is 0 Å². The van der Waals surface area contributed by atoms with Gasteiger partial charge in [0.2, 0.25) is 0 Å². The molecule has 41 heavy (non-hydrogen) atoms. The van der Waals surface area contributed by atoms with E-state index in [2.05, 4.69) is 6.92 Å². The molecule has 0 aromatic carbocycles. The average molecular weight is 585 g/mol. The Kier molecular flexibility index (Phi) is 26.1. The zero-order chi connectivity index (χ0) is 30.6. The molecular formula is C34H64O7. The van der Waals surface area contributed by atoms with E-state index in [-0.39, 0.29) is 31.1 Å². The summed E-state index contributed by atoms with van der Waals surface area (Å²) in [6, 6.07) is 0. The summed E-state index contributed by atoms with van der Waals surface area (Å²) < 4.78 is 11.5. The maximum atomic E-state index is 12.1. The fourth-order valence-electron chi connectivity index (χ4n) is 5.37. The number of aliphatic hydroxyl groups is 1. The molecule has 7 nitrogen and oxygen atoms in total. The number of hydrogen-bond donors (Lipinski definition) is 2. The summed E-state index contributed by atoms with van der Waals surface area (Å²) in [5, 5.41) is 18.9. The third-order valence-corrected chi connectivity index (χ3v) is 8.06. The van der Waals surface area contributed by atoms with Gasteiger partial charge in [-0.1, -0.05) is 104 Å². The molecule has 0 aliphatic rings. The van der Waals surface area contributed by atoms with E-state index in [9.17, 15) is 19.5 Å². The van der Waals surface area contributed by atoms with Gasteiger partial charge in [-0.3, -0.25) is 14.4 Å².